The Kier molecular flexibility index (Phi) is 4.21. The molecule has 6 heteroatoms. The predicted octanol–water partition coefficient (Wildman–Crippen LogP) is 1.64. The molecular weight excluding hydrogens is 251 g/mol. The van der Waals surface area contributed by atoms with E-state index in [2.05, 4.69) is 10.1 Å². The van der Waals surface area contributed by atoms with Crippen LogP contribution >= 0.6 is 0 Å². The number of esters is 1. The summed E-state index contributed by atoms with van der Waals surface area (Å²) in [6, 6.07) is 2.51. The Bertz CT molecular complexity index is 473. The summed E-state index contributed by atoms with van der Waals surface area (Å²) in [6.45, 7) is 2.01. The minimum Gasteiger partial charge on any atom is -0.465 e. The molecule has 1 atom stereocenters. The summed E-state index contributed by atoms with van der Waals surface area (Å²) in [6.07, 6.45) is 0.952. The second-order valence-electron chi connectivity index (χ2n) is 4.52. The zero-order valence-corrected chi connectivity index (χ0v) is 10.7. The number of nitrogen functional groups attached to an aromatic ring is 1. The lowest BCUT2D eigenvalue weighted by atomic mass is 10.1. The highest BCUT2D eigenvalue weighted by molar-refractivity contribution is 5.96. The van der Waals surface area contributed by atoms with Crippen LogP contribution in [0, 0.1) is 11.7 Å². The van der Waals surface area contributed by atoms with E-state index >= 15 is 0 Å². The van der Waals surface area contributed by atoms with Crippen LogP contribution in [0.4, 0.5) is 15.8 Å². The van der Waals surface area contributed by atoms with Gasteiger partial charge in [0, 0.05) is 24.8 Å². The third kappa shape index (κ3) is 3.14. The molecule has 1 heterocycles. The number of halogens is 1. The number of nitrogens with one attached hydrogen (secondary N) is 1. The first kappa shape index (κ1) is 13.6. The first-order chi connectivity index (χ1) is 9.11. The van der Waals surface area contributed by atoms with Crippen LogP contribution in [0.2, 0.25) is 0 Å². The van der Waals surface area contributed by atoms with Crippen molar-refractivity contribution < 1.29 is 18.7 Å². The monoisotopic (exact) mass is 268 g/mol. The normalized spacial score (nSPS) is 18.3. The lowest BCUT2D eigenvalue weighted by Crippen LogP contribution is -2.16. The van der Waals surface area contributed by atoms with Crippen molar-refractivity contribution in [2.45, 2.75) is 6.42 Å². The van der Waals surface area contributed by atoms with E-state index in [0.29, 0.717) is 19.1 Å². The second-order valence-corrected chi connectivity index (χ2v) is 4.52. The number of carbonyl (C=O) groups excluding carboxylic acids is 1. The van der Waals surface area contributed by atoms with Gasteiger partial charge < -0.3 is 20.5 Å². The van der Waals surface area contributed by atoms with Crippen molar-refractivity contribution in [3.8, 4) is 0 Å². The Morgan fingerprint density at radius 1 is 1.63 bits per heavy atom. The van der Waals surface area contributed by atoms with Crippen LogP contribution in [0.1, 0.15) is 16.8 Å². The number of methoxy groups -OCH3 is 1. The van der Waals surface area contributed by atoms with E-state index in [1.54, 1.807) is 0 Å². The van der Waals surface area contributed by atoms with Crippen LogP contribution in [0.5, 0.6) is 0 Å². The van der Waals surface area contributed by atoms with E-state index in [4.69, 9.17) is 10.5 Å². The van der Waals surface area contributed by atoms with Crippen LogP contribution < -0.4 is 11.1 Å². The third-order valence-corrected chi connectivity index (χ3v) is 3.15. The molecule has 0 spiro atoms. The molecule has 1 saturated heterocycles. The minimum absolute atomic E-state index is 0.0686. The Balaban J connectivity index is 2.12. The van der Waals surface area contributed by atoms with Crippen molar-refractivity contribution >= 4 is 17.3 Å². The highest BCUT2D eigenvalue weighted by atomic mass is 19.1. The first-order valence-corrected chi connectivity index (χ1v) is 6.10. The third-order valence-electron chi connectivity index (χ3n) is 3.15. The number of hydrogen-bond donors (Lipinski definition) is 2. The highest BCUT2D eigenvalue weighted by Gasteiger charge is 2.18. The molecule has 0 bridgehead atoms. The average molecular weight is 268 g/mol. The fourth-order valence-corrected chi connectivity index (χ4v) is 2.01. The van der Waals surface area contributed by atoms with Crippen molar-refractivity contribution in [3.63, 3.8) is 0 Å². The number of benzene rings is 1. The summed E-state index contributed by atoms with van der Waals surface area (Å²) in [5.41, 5.74) is 6.08. The first-order valence-electron chi connectivity index (χ1n) is 6.10. The summed E-state index contributed by atoms with van der Waals surface area (Å²) in [5, 5.41) is 2.98. The zero-order valence-electron chi connectivity index (χ0n) is 10.7. The average Bonchev–Trinajstić information content (AvgIpc) is 2.90. The van der Waals surface area contributed by atoms with Gasteiger partial charge in [0.15, 0.2) is 0 Å². The molecule has 0 aliphatic carbocycles. The lowest BCUT2D eigenvalue weighted by Gasteiger charge is -2.13. The highest BCUT2D eigenvalue weighted by Crippen LogP contribution is 2.24. The molecule has 2 rings (SSSR count). The van der Waals surface area contributed by atoms with E-state index in [1.807, 2.05) is 0 Å². The molecule has 1 unspecified atom stereocenters. The van der Waals surface area contributed by atoms with Gasteiger partial charge in [-0.15, -0.1) is 0 Å². The molecule has 104 valence electrons. The summed E-state index contributed by atoms with van der Waals surface area (Å²) in [4.78, 5) is 11.5. The SMILES string of the molecule is COC(=O)c1cc(NCC2CCOC2)c(F)cc1N. The summed E-state index contributed by atoms with van der Waals surface area (Å²) < 4.78 is 23.6. The number of anilines is 2. The van der Waals surface area contributed by atoms with Crippen molar-refractivity contribution in [1.82, 2.24) is 0 Å². The molecule has 0 aromatic heterocycles. The van der Waals surface area contributed by atoms with Crippen LogP contribution in [-0.2, 0) is 9.47 Å². The van der Waals surface area contributed by atoms with Gasteiger partial charge in [0.05, 0.1) is 25.0 Å². The van der Waals surface area contributed by atoms with Gasteiger partial charge in [-0.1, -0.05) is 0 Å². The summed E-state index contributed by atoms with van der Waals surface area (Å²) in [5.74, 6) is -0.702. The van der Waals surface area contributed by atoms with E-state index < -0.39 is 11.8 Å². The van der Waals surface area contributed by atoms with Crippen molar-refractivity contribution in [3.05, 3.63) is 23.5 Å². The molecule has 0 amide bonds. The Labute approximate surface area is 110 Å². The number of ether oxygens (including phenoxy) is 2. The quantitative estimate of drug-likeness (QED) is 0.641. The Morgan fingerprint density at radius 2 is 2.42 bits per heavy atom. The molecule has 0 radical (unpaired) electrons. The van der Waals surface area contributed by atoms with Gasteiger partial charge in [-0.3, -0.25) is 0 Å². The Morgan fingerprint density at radius 3 is 3.05 bits per heavy atom. The topological polar surface area (TPSA) is 73.6 Å². The van der Waals surface area contributed by atoms with E-state index in [-0.39, 0.29) is 16.9 Å². The molecule has 0 saturated carbocycles. The molecule has 1 fully saturated rings. The van der Waals surface area contributed by atoms with Gasteiger partial charge in [-0.25, -0.2) is 9.18 Å². The maximum atomic E-state index is 13.7. The number of nitrogens with two attached hydrogens (primary N) is 1. The van der Waals surface area contributed by atoms with Gasteiger partial charge in [-0.05, 0) is 18.6 Å². The zero-order chi connectivity index (χ0) is 13.8. The number of carbonyl (C=O) groups is 1. The molecule has 1 aromatic rings. The van der Waals surface area contributed by atoms with Crippen molar-refractivity contribution in [1.29, 1.82) is 0 Å². The summed E-state index contributed by atoms with van der Waals surface area (Å²) >= 11 is 0. The van der Waals surface area contributed by atoms with Crippen LogP contribution in [0.15, 0.2) is 12.1 Å². The van der Waals surface area contributed by atoms with Gasteiger partial charge in [0.25, 0.3) is 0 Å². The maximum Gasteiger partial charge on any atom is 0.340 e. The number of rotatable bonds is 4. The van der Waals surface area contributed by atoms with Gasteiger partial charge >= 0.3 is 5.97 Å². The van der Waals surface area contributed by atoms with Crippen LogP contribution in [-0.4, -0.2) is 32.8 Å². The van der Waals surface area contributed by atoms with Crippen molar-refractivity contribution in [2.75, 3.05) is 37.9 Å². The van der Waals surface area contributed by atoms with E-state index in [0.717, 1.165) is 19.1 Å². The predicted molar refractivity (Wildman–Crippen MR) is 69.6 cm³/mol. The largest absolute Gasteiger partial charge is 0.465 e. The van der Waals surface area contributed by atoms with Crippen molar-refractivity contribution in [2.24, 2.45) is 5.92 Å². The van der Waals surface area contributed by atoms with E-state index in [1.165, 1.54) is 13.2 Å². The fraction of sp³-hybridized carbons (Fsp3) is 0.462. The molecule has 1 aliphatic rings. The molecule has 1 aromatic carbocycles. The lowest BCUT2D eigenvalue weighted by molar-refractivity contribution is 0.0602. The molecule has 19 heavy (non-hydrogen) atoms. The standard InChI is InChI=1S/C13H17FN2O3/c1-18-13(17)9-4-12(10(14)5-11(9)15)16-6-8-2-3-19-7-8/h4-5,8,16H,2-3,6-7,15H2,1H3. The van der Waals surface area contributed by atoms with Crippen LogP contribution in [0.3, 0.4) is 0 Å². The van der Waals surface area contributed by atoms with Gasteiger partial charge in [0.2, 0.25) is 0 Å². The molecule has 3 N–H and O–H groups in total. The smallest absolute Gasteiger partial charge is 0.340 e. The second kappa shape index (κ2) is 5.88. The Hall–Kier alpha value is -1.82. The molecular formula is C13H17FN2O3. The summed E-state index contributed by atoms with van der Waals surface area (Å²) in [7, 11) is 1.26. The molecule has 1 aliphatic heterocycles. The van der Waals surface area contributed by atoms with E-state index in [9.17, 15) is 9.18 Å². The number of hydrogen-bond acceptors (Lipinski definition) is 5. The van der Waals surface area contributed by atoms with Gasteiger partial charge in [-0.2, -0.15) is 0 Å². The fourth-order valence-electron chi connectivity index (χ4n) is 2.01. The maximum absolute atomic E-state index is 13.7. The van der Waals surface area contributed by atoms with Crippen LogP contribution in [0.25, 0.3) is 0 Å². The van der Waals surface area contributed by atoms with Gasteiger partial charge in [0.1, 0.15) is 5.82 Å². The molecule has 5 nitrogen and oxygen atoms in total. The minimum atomic E-state index is -0.579.